The molecule has 212 valence electrons. The maximum Gasteiger partial charge on any atom is 0.239 e. The Morgan fingerprint density at radius 1 is 0.907 bits per heavy atom. The van der Waals surface area contributed by atoms with Gasteiger partial charge >= 0.3 is 0 Å². The molecule has 43 heavy (non-hydrogen) atoms. The number of amides is 2. The van der Waals surface area contributed by atoms with Crippen LogP contribution < -0.4 is 15.1 Å². The van der Waals surface area contributed by atoms with Gasteiger partial charge in [-0.15, -0.1) is 0 Å². The van der Waals surface area contributed by atoms with Crippen LogP contribution in [0.15, 0.2) is 102 Å². The summed E-state index contributed by atoms with van der Waals surface area (Å²) in [6.45, 7) is 2.66. The lowest BCUT2D eigenvalue weighted by molar-refractivity contribution is -0.122. The highest BCUT2D eigenvalue weighted by Gasteiger charge is 2.68. The Labute approximate surface area is 252 Å². The van der Waals surface area contributed by atoms with Crippen LogP contribution >= 0.6 is 11.3 Å². The van der Waals surface area contributed by atoms with E-state index in [1.165, 1.54) is 16.2 Å². The largest absolute Gasteiger partial charge is 0.494 e. The molecule has 0 unspecified atom stereocenters. The van der Waals surface area contributed by atoms with Crippen LogP contribution in [0.25, 0.3) is 10.2 Å². The Bertz CT molecular complexity index is 1850. The zero-order chi connectivity index (χ0) is 29.1. The number of imide groups is 1. The van der Waals surface area contributed by atoms with E-state index in [4.69, 9.17) is 9.84 Å². The van der Waals surface area contributed by atoms with Gasteiger partial charge in [0.2, 0.25) is 16.9 Å². The number of hydrogen-bond donors (Lipinski definition) is 1. The molecule has 7 nitrogen and oxygen atoms in total. The summed E-state index contributed by atoms with van der Waals surface area (Å²) in [4.78, 5) is 35.0. The lowest BCUT2D eigenvalue weighted by atomic mass is 9.47. The molecule has 1 N–H and O–H groups in total. The SMILES string of the molecule is CCCOc1ccc(N2C(=O)[C@@H]3[C@@H](C2=O)C2c4ccccc4C3(/C=N\Nc3nc4ccccc4s3)c3ccccc32)cc1. The predicted molar refractivity (Wildman–Crippen MR) is 169 cm³/mol. The van der Waals surface area contributed by atoms with Crippen LogP contribution in [0.5, 0.6) is 5.75 Å². The normalized spacial score (nSPS) is 23.5. The highest BCUT2D eigenvalue weighted by molar-refractivity contribution is 7.22. The molecule has 9 rings (SSSR count). The second kappa shape index (κ2) is 9.88. The van der Waals surface area contributed by atoms with Crippen molar-refractivity contribution in [2.45, 2.75) is 24.7 Å². The summed E-state index contributed by atoms with van der Waals surface area (Å²) in [5.41, 5.74) is 7.83. The molecule has 1 aromatic heterocycles. The van der Waals surface area contributed by atoms with E-state index in [1.54, 1.807) is 12.1 Å². The summed E-state index contributed by atoms with van der Waals surface area (Å²) in [6, 6.07) is 31.6. The standard InChI is InChI=1S/C35H28N4O3S/c1-2-19-42-22-17-15-21(16-18-22)39-32(40)30-29-23-9-3-5-11-25(23)35(31(30)33(39)41,26-12-6-4-10-24(26)29)20-36-38-34-37-27-13-7-8-14-28(27)43-34/h3-18,20,29-31H,2,19H2,1H3,(H,37,38)/b36-20-/t29?,30-,31-,35?/m0/s1. The van der Waals surface area contributed by atoms with E-state index in [-0.39, 0.29) is 17.7 Å². The van der Waals surface area contributed by atoms with E-state index in [2.05, 4.69) is 41.6 Å². The third kappa shape index (κ3) is 3.72. The van der Waals surface area contributed by atoms with Crippen molar-refractivity contribution >= 4 is 50.4 Å². The van der Waals surface area contributed by atoms with E-state index < -0.39 is 17.3 Å². The lowest BCUT2D eigenvalue weighted by Crippen LogP contribution is -2.54. The Balaban J connectivity index is 1.26. The lowest BCUT2D eigenvalue weighted by Gasteiger charge is -2.52. The summed E-state index contributed by atoms with van der Waals surface area (Å²) in [5.74, 6) is -1.10. The van der Waals surface area contributed by atoms with Crippen LogP contribution in [0.4, 0.5) is 10.8 Å². The van der Waals surface area contributed by atoms with E-state index in [0.29, 0.717) is 23.2 Å². The second-order valence-corrected chi connectivity index (χ2v) is 12.3. The van der Waals surface area contributed by atoms with Crippen molar-refractivity contribution in [1.82, 2.24) is 4.98 Å². The third-order valence-electron chi connectivity index (χ3n) is 8.97. The molecule has 2 heterocycles. The predicted octanol–water partition coefficient (Wildman–Crippen LogP) is 6.73. The number of aromatic nitrogens is 1. The topological polar surface area (TPSA) is 83.9 Å². The first kappa shape index (κ1) is 25.9. The smallest absolute Gasteiger partial charge is 0.239 e. The monoisotopic (exact) mass is 584 g/mol. The fourth-order valence-electron chi connectivity index (χ4n) is 7.32. The highest BCUT2D eigenvalue weighted by Crippen LogP contribution is 2.63. The van der Waals surface area contributed by atoms with Crippen molar-refractivity contribution in [2.75, 3.05) is 16.9 Å². The van der Waals surface area contributed by atoms with Crippen molar-refractivity contribution in [1.29, 1.82) is 0 Å². The van der Waals surface area contributed by atoms with E-state index in [0.717, 1.165) is 38.9 Å². The quantitative estimate of drug-likeness (QED) is 0.130. The van der Waals surface area contributed by atoms with Crippen LogP contribution in [0, 0.1) is 11.8 Å². The minimum atomic E-state index is -0.943. The van der Waals surface area contributed by atoms with Gasteiger partial charge in [-0.25, -0.2) is 9.88 Å². The molecule has 8 heteroatoms. The number of fused-ring (bicyclic) bond motifs is 1. The number of hydrazone groups is 1. The summed E-state index contributed by atoms with van der Waals surface area (Å²) in [5, 5.41) is 5.42. The van der Waals surface area contributed by atoms with Gasteiger partial charge in [0.25, 0.3) is 0 Å². The van der Waals surface area contributed by atoms with Crippen LogP contribution in [0.2, 0.25) is 0 Å². The highest BCUT2D eigenvalue weighted by atomic mass is 32.1. The van der Waals surface area contributed by atoms with Gasteiger partial charge in [-0.2, -0.15) is 5.10 Å². The van der Waals surface area contributed by atoms with Crippen molar-refractivity contribution in [3.63, 3.8) is 0 Å². The van der Waals surface area contributed by atoms with Crippen molar-refractivity contribution in [2.24, 2.45) is 16.9 Å². The molecule has 2 amide bonds. The number of carbonyl (C=O) groups is 2. The molecule has 2 bridgehead atoms. The first-order valence-corrected chi connectivity index (χ1v) is 15.4. The summed E-state index contributed by atoms with van der Waals surface area (Å²) >= 11 is 1.52. The maximum atomic E-state index is 14.6. The summed E-state index contributed by atoms with van der Waals surface area (Å²) in [7, 11) is 0. The van der Waals surface area contributed by atoms with Gasteiger partial charge in [0.15, 0.2) is 0 Å². The molecule has 0 saturated carbocycles. The minimum Gasteiger partial charge on any atom is -0.494 e. The number of hydrogen-bond acceptors (Lipinski definition) is 7. The van der Waals surface area contributed by atoms with E-state index >= 15 is 0 Å². The summed E-state index contributed by atoms with van der Waals surface area (Å²) in [6.07, 6.45) is 2.74. The van der Waals surface area contributed by atoms with Crippen LogP contribution in [0.1, 0.15) is 41.5 Å². The number of para-hydroxylation sites is 1. The zero-order valence-electron chi connectivity index (χ0n) is 23.4. The van der Waals surface area contributed by atoms with Gasteiger partial charge in [-0.05, 0) is 65.1 Å². The molecule has 3 aliphatic carbocycles. The number of thiazole rings is 1. The molecule has 2 atom stereocenters. The molecular formula is C35H28N4O3S. The number of nitrogens with one attached hydrogen (secondary N) is 1. The molecule has 4 aliphatic rings. The number of carbonyl (C=O) groups excluding carboxylic acids is 2. The van der Waals surface area contributed by atoms with Gasteiger partial charge in [-0.1, -0.05) is 78.9 Å². The maximum absolute atomic E-state index is 14.6. The molecule has 1 fully saturated rings. The minimum absolute atomic E-state index is 0.178. The molecule has 1 saturated heterocycles. The Kier molecular flexibility index (Phi) is 5.94. The van der Waals surface area contributed by atoms with E-state index in [9.17, 15) is 9.59 Å². The molecular weight excluding hydrogens is 556 g/mol. The van der Waals surface area contributed by atoms with Crippen LogP contribution in [-0.4, -0.2) is 29.6 Å². The van der Waals surface area contributed by atoms with Gasteiger partial charge in [-0.3, -0.25) is 15.0 Å². The Hall–Kier alpha value is -4.82. The average Bonchev–Trinajstić information content (AvgIpc) is 3.58. The van der Waals surface area contributed by atoms with Crippen molar-refractivity contribution in [3.8, 4) is 5.75 Å². The van der Waals surface area contributed by atoms with Crippen LogP contribution in [-0.2, 0) is 15.0 Å². The van der Waals surface area contributed by atoms with Gasteiger partial charge in [0.05, 0.1) is 39.8 Å². The number of ether oxygens (including phenoxy) is 1. The molecule has 5 aromatic rings. The third-order valence-corrected chi connectivity index (χ3v) is 9.91. The first-order chi connectivity index (χ1) is 21.1. The van der Waals surface area contributed by atoms with Gasteiger partial charge in [0.1, 0.15) is 5.75 Å². The van der Waals surface area contributed by atoms with Gasteiger partial charge < -0.3 is 4.74 Å². The fraction of sp³-hybridized carbons (Fsp3) is 0.200. The van der Waals surface area contributed by atoms with Crippen molar-refractivity contribution < 1.29 is 14.3 Å². The first-order valence-electron chi connectivity index (χ1n) is 14.6. The average molecular weight is 585 g/mol. The van der Waals surface area contributed by atoms with Crippen molar-refractivity contribution in [3.05, 3.63) is 119 Å². The van der Waals surface area contributed by atoms with E-state index in [1.807, 2.05) is 66.9 Å². The zero-order valence-corrected chi connectivity index (χ0v) is 24.3. The Morgan fingerprint density at radius 2 is 1.58 bits per heavy atom. The Morgan fingerprint density at radius 3 is 2.28 bits per heavy atom. The molecule has 1 aliphatic heterocycles. The number of anilines is 2. The molecule has 4 aromatic carbocycles. The van der Waals surface area contributed by atoms with Crippen LogP contribution in [0.3, 0.4) is 0 Å². The number of nitrogens with zero attached hydrogens (tertiary/aromatic N) is 3. The summed E-state index contributed by atoms with van der Waals surface area (Å²) < 4.78 is 6.81. The molecule has 0 radical (unpaired) electrons. The number of benzene rings is 4. The van der Waals surface area contributed by atoms with Gasteiger partial charge in [0, 0.05) is 12.1 Å². The molecule has 0 spiro atoms. The second-order valence-electron chi connectivity index (χ2n) is 11.2. The fourth-order valence-corrected chi connectivity index (χ4v) is 8.14. The number of rotatable bonds is 7.